The van der Waals surface area contributed by atoms with Crippen LogP contribution in [0.3, 0.4) is 0 Å². The van der Waals surface area contributed by atoms with Crippen molar-refractivity contribution in [3.63, 3.8) is 0 Å². The molecule has 0 aliphatic rings. The Bertz CT molecular complexity index is 701. The number of nitro groups is 1. The first-order valence-electron chi connectivity index (χ1n) is 6.93. The van der Waals surface area contributed by atoms with E-state index in [0.29, 0.717) is 24.4 Å². The van der Waals surface area contributed by atoms with E-state index in [2.05, 4.69) is 10.6 Å². The maximum Gasteiger partial charge on any atom is 0.282 e. The van der Waals surface area contributed by atoms with E-state index in [4.69, 9.17) is 0 Å². The van der Waals surface area contributed by atoms with Gasteiger partial charge in [-0.05, 0) is 23.9 Å². The van der Waals surface area contributed by atoms with E-state index in [0.717, 1.165) is 0 Å². The SMILES string of the molecule is O=C(NCCCNC(=O)c1ccccc1[N+](=O)[O-])c1cccs1. The number of para-hydroxylation sites is 1. The monoisotopic (exact) mass is 333 g/mol. The van der Waals surface area contributed by atoms with Gasteiger partial charge in [0.1, 0.15) is 5.56 Å². The lowest BCUT2D eigenvalue weighted by Crippen LogP contribution is -2.29. The van der Waals surface area contributed by atoms with Gasteiger partial charge in [-0.1, -0.05) is 18.2 Å². The first-order chi connectivity index (χ1) is 11.1. The zero-order valence-electron chi connectivity index (χ0n) is 12.2. The van der Waals surface area contributed by atoms with Crippen LogP contribution in [0.1, 0.15) is 26.5 Å². The Morgan fingerprint density at radius 3 is 2.39 bits per heavy atom. The lowest BCUT2D eigenvalue weighted by molar-refractivity contribution is -0.385. The summed E-state index contributed by atoms with van der Waals surface area (Å²) in [6.45, 7) is 0.726. The lowest BCUT2D eigenvalue weighted by Gasteiger charge is -2.06. The summed E-state index contributed by atoms with van der Waals surface area (Å²) in [4.78, 5) is 34.5. The van der Waals surface area contributed by atoms with Crippen molar-refractivity contribution < 1.29 is 14.5 Å². The maximum atomic E-state index is 12.0. The summed E-state index contributed by atoms with van der Waals surface area (Å²) < 4.78 is 0. The predicted octanol–water partition coefficient (Wildman–Crippen LogP) is 2.21. The first-order valence-corrected chi connectivity index (χ1v) is 7.81. The van der Waals surface area contributed by atoms with Crippen LogP contribution in [0.25, 0.3) is 0 Å². The van der Waals surface area contributed by atoms with E-state index in [1.54, 1.807) is 18.2 Å². The van der Waals surface area contributed by atoms with Gasteiger partial charge in [0, 0.05) is 19.2 Å². The van der Waals surface area contributed by atoms with Gasteiger partial charge in [-0.25, -0.2) is 0 Å². The van der Waals surface area contributed by atoms with Crippen LogP contribution in [-0.4, -0.2) is 29.8 Å². The molecular formula is C15H15N3O4S. The number of nitro benzene ring substituents is 1. The van der Waals surface area contributed by atoms with Crippen molar-refractivity contribution in [2.45, 2.75) is 6.42 Å². The van der Waals surface area contributed by atoms with Crippen molar-refractivity contribution in [1.29, 1.82) is 0 Å². The Balaban J connectivity index is 1.75. The van der Waals surface area contributed by atoms with Crippen molar-refractivity contribution in [3.05, 3.63) is 62.3 Å². The molecule has 2 amide bonds. The second-order valence-corrected chi connectivity index (χ2v) is 5.56. The van der Waals surface area contributed by atoms with Crippen LogP contribution >= 0.6 is 11.3 Å². The van der Waals surface area contributed by atoms with E-state index in [1.807, 2.05) is 5.38 Å². The highest BCUT2D eigenvalue weighted by atomic mass is 32.1. The van der Waals surface area contributed by atoms with Crippen LogP contribution in [0.2, 0.25) is 0 Å². The molecule has 2 aromatic rings. The normalized spacial score (nSPS) is 10.1. The number of thiophene rings is 1. The van der Waals surface area contributed by atoms with Crippen molar-refractivity contribution in [2.24, 2.45) is 0 Å². The summed E-state index contributed by atoms with van der Waals surface area (Å²) in [6, 6.07) is 9.31. The van der Waals surface area contributed by atoms with Crippen LogP contribution in [0.15, 0.2) is 41.8 Å². The summed E-state index contributed by atoms with van der Waals surface area (Å²) in [6.07, 6.45) is 0.531. The lowest BCUT2D eigenvalue weighted by atomic mass is 10.1. The second kappa shape index (κ2) is 8.04. The third kappa shape index (κ3) is 4.62. The number of benzene rings is 1. The molecule has 0 fully saturated rings. The molecule has 8 heteroatoms. The Morgan fingerprint density at radius 2 is 1.74 bits per heavy atom. The minimum atomic E-state index is -0.587. The highest BCUT2D eigenvalue weighted by molar-refractivity contribution is 7.12. The Kier molecular flexibility index (Phi) is 5.81. The molecule has 0 saturated carbocycles. The molecule has 1 aromatic carbocycles. The second-order valence-electron chi connectivity index (χ2n) is 4.62. The molecule has 0 bridgehead atoms. The number of nitrogens with one attached hydrogen (secondary N) is 2. The predicted molar refractivity (Wildman–Crippen MR) is 86.7 cm³/mol. The standard InChI is InChI=1S/C15H15N3O4S/c19-14(11-5-1-2-6-12(11)18(21)22)16-8-4-9-17-15(20)13-7-3-10-23-13/h1-3,5-7,10H,4,8-9H2,(H,16,19)(H,17,20). The number of hydrogen-bond donors (Lipinski definition) is 2. The van der Waals surface area contributed by atoms with Crippen molar-refractivity contribution >= 4 is 28.8 Å². The van der Waals surface area contributed by atoms with Crippen LogP contribution in [0.4, 0.5) is 5.69 Å². The van der Waals surface area contributed by atoms with E-state index >= 15 is 0 Å². The van der Waals surface area contributed by atoms with E-state index in [9.17, 15) is 19.7 Å². The molecule has 0 atom stereocenters. The number of carbonyl (C=O) groups excluding carboxylic acids is 2. The molecule has 2 rings (SSSR count). The van der Waals surface area contributed by atoms with Gasteiger partial charge in [0.15, 0.2) is 0 Å². The summed E-state index contributed by atoms with van der Waals surface area (Å²) in [5.41, 5.74) is -0.198. The minimum Gasteiger partial charge on any atom is -0.352 e. The largest absolute Gasteiger partial charge is 0.352 e. The molecule has 0 spiro atoms. The average molecular weight is 333 g/mol. The third-order valence-corrected chi connectivity index (χ3v) is 3.88. The number of hydrogen-bond acceptors (Lipinski definition) is 5. The molecule has 2 N–H and O–H groups in total. The smallest absolute Gasteiger partial charge is 0.282 e. The van der Waals surface area contributed by atoms with Gasteiger partial charge in [0.05, 0.1) is 9.80 Å². The van der Waals surface area contributed by atoms with Gasteiger partial charge in [-0.15, -0.1) is 11.3 Å². The van der Waals surface area contributed by atoms with E-state index in [1.165, 1.54) is 29.5 Å². The molecule has 0 aliphatic carbocycles. The van der Waals surface area contributed by atoms with Crippen LogP contribution in [0.5, 0.6) is 0 Å². The highest BCUT2D eigenvalue weighted by Crippen LogP contribution is 2.17. The van der Waals surface area contributed by atoms with Crippen LogP contribution in [-0.2, 0) is 0 Å². The maximum absolute atomic E-state index is 12.0. The fourth-order valence-corrected chi connectivity index (χ4v) is 2.55. The molecule has 23 heavy (non-hydrogen) atoms. The summed E-state index contributed by atoms with van der Waals surface area (Å²) in [7, 11) is 0. The zero-order chi connectivity index (χ0) is 16.7. The molecule has 7 nitrogen and oxygen atoms in total. The van der Waals surface area contributed by atoms with Crippen molar-refractivity contribution in [2.75, 3.05) is 13.1 Å². The number of amides is 2. The fourth-order valence-electron chi connectivity index (χ4n) is 1.91. The summed E-state index contributed by atoms with van der Waals surface area (Å²) in [5.74, 6) is -0.646. The highest BCUT2D eigenvalue weighted by Gasteiger charge is 2.18. The average Bonchev–Trinajstić information content (AvgIpc) is 3.08. The topological polar surface area (TPSA) is 101 Å². The zero-order valence-corrected chi connectivity index (χ0v) is 13.0. The Hall–Kier alpha value is -2.74. The molecular weight excluding hydrogens is 318 g/mol. The molecule has 1 aromatic heterocycles. The van der Waals surface area contributed by atoms with Crippen LogP contribution < -0.4 is 10.6 Å². The third-order valence-electron chi connectivity index (χ3n) is 3.02. The molecule has 0 aliphatic heterocycles. The van der Waals surface area contributed by atoms with Gasteiger partial charge in [-0.3, -0.25) is 19.7 Å². The number of nitrogens with zero attached hydrogens (tertiary/aromatic N) is 1. The summed E-state index contributed by atoms with van der Waals surface area (Å²) in [5, 5.41) is 18.0. The Labute approximate surface area is 136 Å². The van der Waals surface area contributed by atoms with Gasteiger partial charge < -0.3 is 10.6 Å². The fraction of sp³-hybridized carbons (Fsp3) is 0.200. The molecule has 1 heterocycles. The van der Waals surface area contributed by atoms with E-state index < -0.39 is 10.8 Å². The first kappa shape index (κ1) is 16.6. The number of carbonyl (C=O) groups is 2. The quantitative estimate of drug-likeness (QED) is 0.461. The van der Waals surface area contributed by atoms with E-state index in [-0.39, 0.29) is 17.2 Å². The molecule has 0 radical (unpaired) electrons. The molecule has 0 saturated heterocycles. The van der Waals surface area contributed by atoms with Gasteiger partial charge in [0.2, 0.25) is 0 Å². The molecule has 0 unspecified atom stereocenters. The Morgan fingerprint density at radius 1 is 1.04 bits per heavy atom. The van der Waals surface area contributed by atoms with Gasteiger partial charge >= 0.3 is 0 Å². The summed E-state index contributed by atoms with van der Waals surface area (Å²) >= 11 is 1.36. The number of rotatable bonds is 7. The van der Waals surface area contributed by atoms with Gasteiger partial charge in [0.25, 0.3) is 17.5 Å². The van der Waals surface area contributed by atoms with Crippen molar-refractivity contribution in [3.8, 4) is 0 Å². The minimum absolute atomic E-state index is 0.0279. The van der Waals surface area contributed by atoms with Gasteiger partial charge in [-0.2, -0.15) is 0 Å². The van der Waals surface area contributed by atoms with Crippen molar-refractivity contribution in [1.82, 2.24) is 10.6 Å². The molecule has 120 valence electrons. The van der Waals surface area contributed by atoms with Crippen LogP contribution in [0, 0.1) is 10.1 Å².